The summed E-state index contributed by atoms with van der Waals surface area (Å²) in [6, 6.07) is 10.4. The lowest BCUT2D eigenvalue weighted by Gasteiger charge is -2.34. The Morgan fingerprint density at radius 1 is 1.12 bits per heavy atom. The molecule has 0 saturated carbocycles. The number of carbonyl (C=O) groups is 1. The molecule has 0 spiro atoms. The fourth-order valence-corrected chi connectivity index (χ4v) is 2.81. The Morgan fingerprint density at radius 2 is 1.79 bits per heavy atom. The summed E-state index contributed by atoms with van der Waals surface area (Å²) < 4.78 is 27.4. The third-order valence-corrected chi connectivity index (χ3v) is 4.14. The molecule has 0 bridgehead atoms. The lowest BCUT2D eigenvalue weighted by Crippen LogP contribution is -2.52. The summed E-state index contributed by atoms with van der Waals surface area (Å²) in [5, 5.41) is 3.20. The van der Waals surface area contributed by atoms with Crippen molar-refractivity contribution in [1.29, 1.82) is 0 Å². The molecule has 6 heteroatoms. The van der Waals surface area contributed by atoms with Crippen LogP contribution in [0.5, 0.6) is 0 Å². The highest BCUT2D eigenvalue weighted by atomic mass is 35.5. The highest BCUT2D eigenvalue weighted by Gasteiger charge is 2.26. The number of amides is 1. The number of carbonyl (C=O) groups excluding carboxylic acids is 1. The van der Waals surface area contributed by atoms with Crippen molar-refractivity contribution in [3.05, 3.63) is 59.7 Å². The van der Waals surface area contributed by atoms with Gasteiger partial charge in [-0.25, -0.2) is 8.78 Å². The number of piperazine rings is 1. The first-order valence-corrected chi connectivity index (χ1v) is 7.63. The van der Waals surface area contributed by atoms with Crippen molar-refractivity contribution in [2.75, 3.05) is 19.6 Å². The van der Waals surface area contributed by atoms with E-state index in [1.54, 1.807) is 23.1 Å². The van der Waals surface area contributed by atoms with Crippen molar-refractivity contribution >= 4 is 18.3 Å². The van der Waals surface area contributed by atoms with Crippen LogP contribution >= 0.6 is 12.4 Å². The molecule has 1 fully saturated rings. The van der Waals surface area contributed by atoms with Gasteiger partial charge >= 0.3 is 0 Å². The fourth-order valence-electron chi connectivity index (χ4n) is 2.81. The van der Waals surface area contributed by atoms with Crippen molar-refractivity contribution in [2.45, 2.75) is 13.0 Å². The van der Waals surface area contributed by atoms with Gasteiger partial charge in [0.15, 0.2) is 0 Å². The summed E-state index contributed by atoms with van der Waals surface area (Å²) in [5.41, 5.74) is 1.40. The van der Waals surface area contributed by atoms with E-state index in [9.17, 15) is 13.6 Å². The van der Waals surface area contributed by atoms with Crippen molar-refractivity contribution in [2.24, 2.45) is 0 Å². The van der Waals surface area contributed by atoms with Gasteiger partial charge in [0.1, 0.15) is 11.6 Å². The predicted octanol–water partition coefficient (Wildman–Crippen LogP) is 3.49. The average molecular weight is 353 g/mol. The normalized spacial score (nSPS) is 17.3. The molecule has 128 valence electrons. The molecule has 0 radical (unpaired) electrons. The van der Waals surface area contributed by atoms with E-state index in [2.05, 4.69) is 5.32 Å². The van der Waals surface area contributed by atoms with Gasteiger partial charge in [-0.3, -0.25) is 4.79 Å². The maximum Gasteiger partial charge on any atom is 0.257 e. The van der Waals surface area contributed by atoms with Gasteiger partial charge < -0.3 is 10.2 Å². The molecule has 0 aromatic heterocycles. The van der Waals surface area contributed by atoms with Crippen LogP contribution in [-0.4, -0.2) is 36.5 Å². The van der Waals surface area contributed by atoms with Crippen molar-refractivity contribution in [3.63, 3.8) is 0 Å². The zero-order valence-corrected chi connectivity index (χ0v) is 14.1. The quantitative estimate of drug-likeness (QED) is 0.897. The van der Waals surface area contributed by atoms with Crippen molar-refractivity contribution < 1.29 is 13.6 Å². The summed E-state index contributed by atoms with van der Waals surface area (Å²) in [6.45, 7) is 3.93. The van der Waals surface area contributed by atoms with Gasteiger partial charge in [0.2, 0.25) is 0 Å². The van der Waals surface area contributed by atoms with E-state index < -0.39 is 5.82 Å². The smallest absolute Gasteiger partial charge is 0.257 e. The lowest BCUT2D eigenvalue weighted by molar-refractivity contribution is 0.0651. The highest BCUT2D eigenvalue weighted by Crippen LogP contribution is 2.23. The summed E-state index contributed by atoms with van der Waals surface area (Å²) in [7, 11) is 0. The van der Waals surface area contributed by atoms with E-state index in [0.717, 1.165) is 0 Å². The Hall–Kier alpha value is -1.98. The molecule has 2 aromatic rings. The first kappa shape index (κ1) is 18.4. The van der Waals surface area contributed by atoms with Crippen LogP contribution in [-0.2, 0) is 0 Å². The number of rotatable bonds is 2. The van der Waals surface area contributed by atoms with Crippen LogP contribution in [0.2, 0.25) is 0 Å². The topological polar surface area (TPSA) is 32.3 Å². The minimum Gasteiger partial charge on any atom is -0.333 e. The molecule has 1 amide bonds. The summed E-state index contributed by atoms with van der Waals surface area (Å²) in [5.74, 6) is -1.18. The van der Waals surface area contributed by atoms with Gasteiger partial charge in [-0.2, -0.15) is 0 Å². The third-order valence-electron chi connectivity index (χ3n) is 4.14. The number of nitrogens with one attached hydrogen (secondary N) is 1. The zero-order chi connectivity index (χ0) is 16.4. The molecule has 24 heavy (non-hydrogen) atoms. The van der Waals surface area contributed by atoms with Crippen LogP contribution in [0.15, 0.2) is 42.5 Å². The molecule has 0 aliphatic carbocycles. The Bertz CT molecular complexity index is 721. The van der Waals surface area contributed by atoms with E-state index in [1.807, 2.05) is 6.92 Å². The van der Waals surface area contributed by atoms with Crippen LogP contribution in [0, 0.1) is 11.6 Å². The van der Waals surface area contributed by atoms with E-state index >= 15 is 0 Å². The highest BCUT2D eigenvalue weighted by molar-refractivity contribution is 5.95. The first-order chi connectivity index (χ1) is 11.1. The lowest BCUT2D eigenvalue weighted by atomic mass is 10.0. The van der Waals surface area contributed by atoms with Crippen LogP contribution in [0.3, 0.4) is 0 Å². The Morgan fingerprint density at radius 3 is 2.42 bits per heavy atom. The predicted molar refractivity (Wildman–Crippen MR) is 92.4 cm³/mol. The Labute approximate surface area is 146 Å². The van der Waals surface area contributed by atoms with Gasteiger partial charge in [-0.1, -0.05) is 18.2 Å². The van der Waals surface area contributed by atoms with Gasteiger partial charge in [-0.05, 0) is 42.3 Å². The summed E-state index contributed by atoms with van der Waals surface area (Å²) in [4.78, 5) is 14.2. The van der Waals surface area contributed by atoms with Crippen LogP contribution in [0.4, 0.5) is 8.78 Å². The molecule has 1 unspecified atom stereocenters. The van der Waals surface area contributed by atoms with Gasteiger partial charge in [-0.15, -0.1) is 12.4 Å². The van der Waals surface area contributed by atoms with Crippen molar-refractivity contribution in [1.82, 2.24) is 10.2 Å². The first-order valence-electron chi connectivity index (χ1n) is 7.63. The maximum absolute atomic E-state index is 14.4. The third kappa shape index (κ3) is 3.74. The molecule has 1 heterocycles. The van der Waals surface area contributed by atoms with Crippen LogP contribution in [0.25, 0.3) is 11.1 Å². The molecule has 3 nitrogen and oxygen atoms in total. The molecule has 1 aliphatic heterocycles. The van der Waals surface area contributed by atoms with E-state index in [1.165, 1.54) is 24.3 Å². The standard InChI is InChI=1S/C18H18F2N2O.ClH/c1-12-11-21-8-9-22(12)18(23)16-7-4-14(10-17(16)20)13-2-5-15(19)6-3-13;/h2-7,10,12,21H,8-9,11H2,1H3;1H. The molecule has 1 atom stereocenters. The second-order valence-corrected chi connectivity index (χ2v) is 5.75. The second kappa shape index (κ2) is 7.73. The largest absolute Gasteiger partial charge is 0.333 e. The average Bonchev–Trinajstić information content (AvgIpc) is 2.55. The molecular weight excluding hydrogens is 334 g/mol. The van der Waals surface area contributed by atoms with Gasteiger partial charge in [0.05, 0.1) is 5.56 Å². The fraction of sp³-hybridized carbons (Fsp3) is 0.278. The number of hydrogen-bond donors (Lipinski definition) is 1. The maximum atomic E-state index is 14.4. The van der Waals surface area contributed by atoms with E-state index in [0.29, 0.717) is 30.8 Å². The number of hydrogen-bond acceptors (Lipinski definition) is 2. The Balaban J connectivity index is 0.00000208. The monoisotopic (exact) mass is 352 g/mol. The number of halogens is 3. The summed E-state index contributed by atoms with van der Waals surface area (Å²) >= 11 is 0. The van der Waals surface area contributed by atoms with Crippen LogP contribution in [0.1, 0.15) is 17.3 Å². The minimum atomic E-state index is -0.553. The molecule has 1 N–H and O–H groups in total. The molecule has 2 aromatic carbocycles. The molecular formula is C18H19ClF2N2O. The summed E-state index contributed by atoms with van der Waals surface area (Å²) in [6.07, 6.45) is 0. The SMILES string of the molecule is CC1CNCCN1C(=O)c1ccc(-c2ccc(F)cc2)cc1F.Cl. The number of nitrogens with zero attached hydrogens (tertiary/aromatic N) is 1. The zero-order valence-electron chi connectivity index (χ0n) is 13.3. The van der Waals surface area contributed by atoms with Crippen LogP contribution < -0.4 is 5.32 Å². The van der Waals surface area contributed by atoms with E-state index in [4.69, 9.17) is 0 Å². The van der Waals surface area contributed by atoms with E-state index in [-0.39, 0.29) is 35.7 Å². The van der Waals surface area contributed by atoms with Gasteiger partial charge in [0.25, 0.3) is 5.91 Å². The Kier molecular flexibility index (Phi) is 5.91. The molecule has 1 saturated heterocycles. The van der Waals surface area contributed by atoms with Gasteiger partial charge in [0, 0.05) is 25.7 Å². The molecule has 1 aliphatic rings. The molecule has 3 rings (SSSR count). The number of benzene rings is 2. The van der Waals surface area contributed by atoms with Crippen molar-refractivity contribution in [3.8, 4) is 11.1 Å². The second-order valence-electron chi connectivity index (χ2n) is 5.75. The minimum absolute atomic E-state index is 0.